The lowest BCUT2D eigenvalue weighted by Crippen LogP contribution is -2.00. The Morgan fingerprint density at radius 2 is 1.87 bits per heavy atom. The first kappa shape index (κ1) is 16.9. The number of aryl methyl sites for hydroxylation is 1. The van der Waals surface area contributed by atoms with E-state index >= 15 is 0 Å². The molecule has 23 heavy (non-hydrogen) atoms. The summed E-state index contributed by atoms with van der Waals surface area (Å²) in [5.41, 5.74) is 5.55. The van der Waals surface area contributed by atoms with Gasteiger partial charge in [0.05, 0.1) is 24.9 Å². The molecule has 2 heterocycles. The Hall–Kier alpha value is -2.44. The van der Waals surface area contributed by atoms with Crippen molar-refractivity contribution >= 4 is 23.3 Å². The summed E-state index contributed by atoms with van der Waals surface area (Å²) in [7, 11) is 1.67. The minimum atomic E-state index is 0. The van der Waals surface area contributed by atoms with Crippen molar-refractivity contribution in [2.75, 3.05) is 7.11 Å². The molecule has 0 amide bonds. The Balaban J connectivity index is 0.00000192. The number of hydrogen-bond acceptors (Lipinski definition) is 2. The van der Waals surface area contributed by atoms with E-state index in [9.17, 15) is 0 Å². The van der Waals surface area contributed by atoms with Crippen LogP contribution in [0.2, 0.25) is 0 Å². The van der Waals surface area contributed by atoms with Gasteiger partial charge in [0.1, 0.15) is 5.75 Å². The van der Waals surface area contributed by atoms with Gasteiger partial charge in [0.2, 0.25) is 0 Å². The number of terminal acetylenes is 1. The Kier molecular flexibility index (Phi) is 4.98. The van der Waals surface area contributed by atoms with Gasteiger partial charge in [-0.05, 0) is 49.7 Å². The van der Waals surface area contributed by atoms with E-state index in [2.05, 4.69) is 35.4 Å². The monoisotopic (exact) mass is 326 g/mol. The third-order valence-corrected chi connectivity index (χ3v) is 4.16. The van der Waals surface area contributed by atoms with Gasteiger partial charge in [-0.1, -0.05) is 5.92 Å². The van der Waals surface area contributed by atoms with Gasteiger partial charge in [0.15, 0.2) is 0 Å². The van der Waals surface area contributed by atoms with Crippen LogP contribution in [0.3, 0.4) is 0 Å². The first-order chi connectivity index (χ1) is 10.7. The summed E-state index contributed by atoms with van der Waals surface area (Å²) in [5.74, 6) is 3.58. The molecule has 4 heteroatoms. The molecule has 0 spiro atoms. The lowest BCUT2D eigenvalue weighted by atomic mass is 10.1. The quantitative estimate of drug-likeness (QED) is 0.668. The third-order valence-electron chi connectivity index (χ3n) is 4.16. The van der Waals surface area contributed by atoms with Gasteiger partial charge < -0.3 is 9.30 Å². The zero-order chi connectivity index (χ0) is 15.7. The van der Waals surface area contributed by atoms with Gasteiger partial charge in [0.25, 0.3) is 0 Å². The SMILES string of the molecule is C#CCn1c(C)c(C)c2ccnc(-c3ccc(OC)cc3)c21.Cl. The van der Waals surface area contributed by atoms with Crippen LogP contribution in [-0.2, 0) is 6.54 Å². The second-order valence-corrected chi connectivity index (χ2v) is 5.28. The van der Waals surface area contributed by atoms with Crippen molar-refractivity contribution < 1.29 is 4.74 Å². The number of rotatable bonds is 3. The summed E-state index contributed by atoms with van der Waals surface area (Å²) in [5, 5.41) is 1.20. The van der Waals surface area contributed by atoms with Gasteiger partial charge >= 0.3 is 0 Å². The molecule has 0 bridgehead atoms. The smallest absolute Gasteiger partial charge is 0.118 e. The molecule has 118 valence electrons. The molecule has 0 unspecified atom stereocenters. The van der Waals surface area contributed by atoms with E-state index in [0.29, 0.717) is 6.54 Å². The van der Waals surface area contributed by atoms with Crippen LogP contribution in [0.5, 0.6) is 5.75 Å². The third kappa shape index (κ3) is 2.78. The molecule has 0 fully saturated rings. The van der Waals surface area contributed by atoms with E-state index in [4.69, 9.17) is 11.2 Å². The highest BCUT2D eigenvalue weighted by atomic mass is 35.5. The van der Waals surface area contributed by atoms with Gasteiger partial charge in [0, 0.05) is 22.8 Å². The summed E-state index contributed by atoms with van der Waals surface area (Å²) in [4.78, 5) is 4.60. The fourth-order valence-electron chi connectivity index (χ4n) is 2.84. The first-order valence-electron chi connectivity index (χ1n) is 7.19. The number of ether oxygens (including phenoxy) is 1. The van der Waals surface area contributed by atoms with Crippen molar-refractivity contribution in [1.29, 1.82) is 0 Å². The lowest BCUT2D eigenvalue weighted by Gasteiger charge is -2.09. The number of methoxy groups -OCH3 is 1. The molecule has 0 atom stereocenters. The number of hydrogen-bond donors (Lipinski definition) is 0. The van der Waals surface area contributed by atoms with Crippen LogP contribution in [0.4, 0.5) is 0 Å². The summed E-state index contributed by atoms with van der Waals surface area (Å²) in [6, 6.07) is 10.0. The maximum Gasteiger partial charge on any atom is 0.118 e. The van der Waals surface area contributed by atoms with Crippen LogP contribution >= 0.6 is 12.4 Å². The summed E-state index contributed by atoms with van der Waals surface area (Å²) < 4.78 is 7.39. The maximum absolute atomic E-state index is 5.55. The minimum absolute atomic E-state index is 0. The molecule has 1 aromatic carbocycles. The van der Waals surface area contributed by atoms with Crippen molar-refractivity contribution in [3.8, 4) is 29.4 Å². The van der Waals surface area contributed by atoms with Crippen molar-refractivity contribution in [3.63, 3.8) is 0 Å². The van der Waals surface area contributed by atoms with E-state index in [0.717, 1.165) is 22.5 Å². The highest BCUT2D eigenvalue weighted by molar-refractivity contribution is 5.95. The van der Waals surface area contributed by atoms with E-state index in [-0.39, 0.29) is 12.4 Å². The highest BCUT2D eigenvalue weighted by Crippen LogP contribution is 2.32. The Bertz CT molecular complexity index is 873. The Labute approximate surface area is 142 Å². The zero-order valence-corrected chi connectivity index (χ0v) is 14.3. The van der Waals surface area contributed by atoms with E-state index in [1.165, 1.54) is 16.6 Å². The van der Waals surface area contributed by atoms with Gasteiger partial charge in [-0.25, -0.2) is 0 Å². The molecular formula is C19H19ClN2O. The standard InChI is InChI=1S/C19H18N2O.ClH/c1-5-12-21-14(3)13(2)17-10-11-20-18(19(17)21)15-6-8-16(22-4)9-7-15;/h1,6-11H,12H2,2-4H3;1H. The highest BCUT2D eigenvalue weighted by Gasteiger charge is 2.15. The van der Waals surface area contributed by atoms with E-state index in [1.54, 1.807) is 7.11 Å². The largest absolute Gasteiger partial charge is 0.497 e. The summed E-state index contributed by atoms with van der Waals surface area (Å²) in [6.45, 7) is 4.78. The normalized spacial score (nSPS) is 10.2. The van der Waals surface area contributed by atoms with Crippen molar-refractivity contribution in [3.05, 3.63) is 47.8 Å². The number of halogens is 1. The van der Waals surface area contributed by atoms with Crippen LogP contribution in [0.1, 0.15) is 11.3 Å². The molecule has 0 radical (unpaired) electrons. The number of pyridine rings is 1. The topological polar surface area (TPSA) is 27.1 Å². The predicted octanol–water partition coefficient (Wildman–Crippen LogP) is 4.38. The van der Waals surface area contributed by atoms with Crippen LogP contribution in [-0.4, -0.2) is 16.7 Å². The predicted molar refractivity (Wildman–Crippen MR) is 97.3 cm³/mol. The fourth-order valence-corrected chi connectivity index (χ4v) is 2.84. The average molecular weight is 327 g/mol. The van der Waals surface area contributed by atoms with Crippen LogP contribution in [0, 0.1) is 26.2 Å². The minimum Gasteiger partial charge on any atom is -0.497 e. The van der Waals surface area contributed by atoms with E-state index < -0.39 is 0 Å². The van der Waals surface area contributed by atoms with Crippen LogP contribution < -0.4 is 4.74 Å². The van der Waals surface area contributed by atoms with Crippen molar-refractivity contribution in [2.24, 2.45) is 0 Å². The molecule has 0 aliphatic carbocycles. The van der Waals surface area contributed by atoms with Crippen molar-refractivity contribution in [1.82, 2.24) is 9.55 Å². The fraction of sp³-hybridized carbons (Fsp3) is 0.211. The molecular weight excluding hydrogens is 308 g/mol. The molecule has 0 aliphatic heterocycles. The average Bonchev–Trinajstić information content (AvgIpc) is 2.80. The second-order valence-electron chi connectivity index (χ2n) is 5.28. The van der Waals surface area contributed by atoms with Crippen LogP contribution in [0.15, 0.2) is 36.5 Å². The molecule has 2 aromatic heterocycles. The molecule has 0 saturated carbocycles. The number of aromatic nitrogens is 2. The summed E-state index contributed by atoms with van der Waals surface area (Å²) >= 11 is 0. The second kappa shape index (κ2) is 6.76. The number of benzene rings is 1. The zero-order valence-electron chi connectivity index (χ0n) is 13.5. The lowest BCUT2D eigenvalue weighted by molar-refractivity contribution is 0.415. The van der Waals surface area contributed by atoms with Gasteiger partial charge in [-0.15, -0.1) is 18.8 Å². The molecule has 0 N–H and O–H groups in total. The van der Waals surface area contributed by atoms with Gasteiger partial charge in [-0.3, -0.25) is 4.98 Å². The molecule has 0 aliphatic rings. The summed E-state index contributed by atoms with van der Waals surface area (Å²) in [6.07, 6.45) is 7.40. The van der Waals surface area contributed by atoms with Crippen molar-refractivity contribution in [2.45, 2.75) is 20.4 Å². The first-order valence-corrected chi connectivity index (χ1v) is 7.19. The number of nitrogens with zero attached hydrogens (tertiary/aromatic N) is 2. The van der Waals surface area contributed by atoms with E-state index in [1.807, 2.05) is 30.5 Å². The Morgan fingerprint density at radius 3 is 2.48 bits per heavy atom. The number of fused-ring (bicyclic) bond motifs is 1. The molecule has 3 aromatic rings. The molecule has 0 saturated heterocycles. The molecule has 3 rings (SSSR count). The van der Waals surface area contributed by atoms with Crippen LogP contribution in [0.25, 0.3) is 22.2 Å². The Morgan fingerprint density at radius 1 is 1.17 bits per heavy atom. The molecule has 3 nitrogen and oxygen atoms in total. The maximum atomic E-state index is 5.55. The van der Waals surface area contributed by atoms with Gasteiger partial charge in [-0.2, -0.15) is 0 Å².